The van der Waals surface area contributed by atoms with Crippen LogP contribution in [-0.4, -0.2) is 35.9 Å². The van der Waals surface area contributed by atoms with E-state index in [0.717, 1.165) is 11.0 Å². The number of carbonyl (C=O) groups is 1. The third-order valence-electron chi connectivity index (χ3n) is 2.32. The smallest absolute Gasteiger partial charge is 0.443 e. The van der Waals surface area contributed by atoms with Crippen molar-refractivity contribution in [1.82, 2.24) is 0 Å². The van der Waals surface area contributed by atoms with Gasteiger partial charge in [-0.1, -0.05) is 6.07 Å². The van der Waals surface area contributed by atoms with Gasteiger partial charge in [-0.25, -0.2) is 9.18 Å². The second kappa shape index (κ2) is 5.58. The molecule has 0 aliphatic rings. The van der Waals surface area contributed by atoms with Gasteiger partial charge in [0.25, 0.3) is 0 Å². The van der Waals surface area contributed by atoms with Gasteiger partial charge >= 0.3 is 13.2 Å². The van der Waals surface area contributed by atoms with Crippen LogP contribution in [-0.2, 0) is 4.74 Å². The lowest BCUT2D eigenvalue weighted by atomic mass is 9.80. The lowest BCUT2D eigenvalue weighted by molar-refractivity contribution is 0.0589. The summed E-state index contributed by atoms with van der Waals surface area (Å²) in [7, 11) is -0.446. The van der Waals surface area contributed by atoms with Crippen LogP contribution in [0, 0.1) is 5.82 Å². The summed E-state index contributed by atoms with van der Waals surface area (Å²) in [6.07, 6.45) is -0.621. The van der Waals surface area contributed by atoms with Crippen LogP contribution in [0.2, 0.25) is 0 Å². The van der Waals surface area contributed by atoms with Gasteiger partial charge in [0.15, 0.2) is 0 Å². The molecule has 0 saturated heterocycles. The Morgan fingerprint density at radius 2 is 1.95 bits per heavy atom. The van der Waals surface area contributed by atoms with Crippen molar-refractivity contribution in [2.45, 2.75) is 26.4 Å². The minimum atomic E-state index is -1.89. The number of hydrogen-bond acceptors (Lipinski definition) is 4. The molecule has 0 unspecified atom stereocenters. The van der Waals surface area contributed by atoms with E-state index in [2.05, 4.69) is 0 Å². The minimum absolute atomic E-state index is 0.249. The highest BCUT2D eigenvalue weighted by Gasteiger charge is 2.22. The summed E-state index contributed by atoms with van der Waals surface area (Å²) in [5, 5.41) is 17.8. The number of nitrogens with zero attached hydrogens (tertiary/aromatic N) is 1. The fourth-order valence-corrected chi connectivity index (χ4v) is 1.37. The summed E-state index contributed by atoms with van der Waals surface area (Å²) in [6.45, 7) is 5.18. The van der Waals surface area contributed by atoms with Crippen LogP contribution in [0.1, 0.15) is 20.8 Å². The monoisotopic (exact) mass is 269 g/mol. The van der Waals surface area contributed by atoms with Crippen molar-refractivity contribution >= 4 is 24.4 Å². The number of halogens is 1. The number of ether oxygens (including phenoxy) is 1. The van der Waals surface area contributed by atoms with Crippen molar-refractivity contribution in [3.05, 3.63) is 24.0 Å². The van der Waals surface area contributed by atoms with Gasteiger partial charge in [-0.15, -0.1) is 0 Å². The summed E-state index contributed by atoms with van der Waals surface area (Å²) in [4.78, 5) is 12.9. The van der Waals surface area contributed by atoms with E-state index in [1.54, 1.807) is 20.8 Å². The molecule has 0 bridgehead atoms. The molecule has 0 aliphatic heterocycles. The molecule has 1 aromatic rings. The number of amides is 1. The molecule has 19 heavy (non-hydrogen) atoms. The van der Waals surface area contributed by atoms with Gasteiger partial charge in [0.05, 0.1) is 0 Å². The Kier molecular flexibility index (Phi) is 4.54. The fraction of sp³-hybridized carbons (Fsp3) is 0.417. The van der Waals surface area contributed by atoms with Crippen molar-refractivity contribution in [2.24, 2.45) is 0 Å². The van der Waals surface area contributed by atoms with E-state index in [9.17, 15) is 9.18 Å². The first-order chi connectivity index (χ1) is 8.61. The Morgan fingerprint density at radius 3 is 2.37 bits per heavy atom. The molecule has 0 aromatic heterocycles. The molecule has 2 N–H and O–H groups in total. The van der Waals surface area contributed by atoms with Crippen LogP contribution in [0.15, 0.2) is 18.2 Å². The summed E-state index contributed by atoms with van der Waals surface area (Å²) in [5.41, 5.74) is -0.636. The Morgan fingerprint density at radius 1 is 1.37 bits per heavy atom. The fourth-order valence-electron chi connectivity index (χ4n) is 1.37. The predicted molar refractivity (Wildman–Crippen MR) is 70.9 cm³/mol. The van der Waals surface area contributed by atoms with Crippen LogP contribution in [0.4, 0.5) is 14.9 Å². The van der Waals surface area contributed by atoms with Gasteiger partial charge in [0.2, 0.25) is 0 Å². The van der Waals surface area contributed by atoms with Gasteiger partial charge in [0.1, 0.15) is 11.4 Å². The third kappa shape index (κ3) is 4.22. The Labute approximate surface area is 111 Å². The standard InChI is InChI=1S/C12H17BFNO4/c1-12(2,3)19-11(16)15(4)8-5-6-9(13(17)18)10(14)7-8/h5-7,17-18H,1-4H3. The molecule has 7 heteroatoms. The zero-order valence-electron chi connectivity index (χ0n) is 11.3. The largest absolute Gasteiger partial charge is 0.491 e. The second-order valence-corrected chi connectivity index (χ2v) is 5.12. The van der Waals surface area contributed by atoms with E-state index in [-0.39, 0.29) is 11.2 Å². The van der Waals surface area contributed by atoms with E-state index < -0.39 is 24.6 Å². The summed E-state index contributed by atoms with van der Waals surface area (Å²) in [6, 6.07) is 3.65. The molecule has 0 aliphatic carbocycles. The molecule has 0 heterocycles. The maximum absolute atomic E-state index is 13.6. The maximum Gasteiger partial charge on any atom is 0.491 e. The number of hydrogen-bond donors (Lipinski definition) is 2. The minimum Gasteiger partial charge on any atom is -0.443 e. The quantitative estimate of drug-likeness (QED) is 0.782. The molecular weight excluding hydrogens is 252 g/mol. The van der Waals surface area contributed by atoms with Crippen molar-refractivity contribution in [3.63, 3.8) is 0 Å². The predicted octanol–water partition coefficient (Wildman–Crippen LogP) is 0.877. The summed E-state index contributed by atoms with van der Waals surface area (Å²) >= 11 is 0. The number of benzene rings is 1. The van der Waals surface area contributed by atoms with E-state index >= 15 is 0 Å². The lowest BCUT2D eigenvalue weighted by Crippen LogP contribution is -2.36. The number of carbonyl (C=O) groups excluding carboxylic acids is 1. The third-order valence-corrected chi connectivity index (χ3v) is 2.32. The highest BCUT2D eigenvalue weighted by Crippen LogP contribution is 2.17. The van der Waals surface area contributed by atoms with Crippen molar-refractivity contribution in [2.75, 3.05) is 11.9 Å². The molecule has 0 radical (unpaired) electrons. The molecule has 5 nitrogen and oxygen atoms in total. The molecule has 0 atom stereocenters. The first-order valence-electron chi connectivity index (χ1n) is 5.74. The first kappa shape index (κ1) is 15.5. The van der Waals surface area contributed by atoms with Crippen LogP contribution in [0.5, 0.6) is 0 Å². The van der Waals surface area contributed by atoms with Crippen molar-refractivity contribution in [1.29, 1.82) is 0 Å². The van der Waals surface area contributed by atoms with Crippen LogP contribution in [0.3, 0.4) is 0 Å². The molecule has 0 spiro atoms. The summed E-state index contributed by atoms with van der Waals surface area (Å²) < 4.78 is 18.7. The molecule has 1 aromatic carbocycles. The Hall–Kier alpha value is -1.60. The average Bonchev–Trinajstić information content (AvgIpc) is 2.24. The van der Waals surface area contributed by atoms with Crippen LogP contribution >= 0.6 is 0 Å². The maximum atomic E-state index is 13.6. The number of rotatable bonds is 2. The number of anilines is 1. The Bertz CT molecular complexity index is 473. The molecule has 104 valence electrons. The molecule has 1 rings (SSSR count). The molecule has 0 saturated carbocycles. The lowest BCUT2D eigenvalue weighted by Gasteiger charge is -2.24. The average molecular weight is 269 g/mol. The van der Waals surface area contributed by atoms with Crippen molar-refractivity contribution < 1.29 is 24.0 Å². The molecule has 0 fully saturated rings. The highest BCUT2D eigenvalue weighted by atomic mass is 19.1. The van der Waals surface area contributed by atoms with Gasteiger partial charge in [0, 0.05) is 18.2 Å². The zero-order valence-corrected chi connectivity index (χ0v) is 11.3. The molecular formula is C12H17BFNO4. The first-order valence-corrected chi connectivity index (χ1v) is 5.74. The Balaban J connectivity index is 2.92. The van der Waals surface area contributed by atoms with Crippen molar-refractivity contribution in [3.8, 4) is 0 Å². The topological polar surface area (TPSA) is 70.0 Å². The molecule has 1 amide bonds. The van der Waals surface area contributed by atoms with Gasteiger partial charge < -0.3 is 14.8 Å². The van der Waals surface area contributed by atoms with Gasteiger partial charge in [-0.2, -0.15) is 0 Å². The SMILES string of the molecule is CN(C(=O)OC(C)(C)C)c1ccc(B(O)O)c(F)c1. The van der Waals surface area contributed by atoms with E-state index in [1.807, 2.05) is 0 Å². The van der Waals surface area contributed by atoms with E-state index in [1.165, 1.54) is 19.2 Å². The van der Waals surface area contributed by atoms with Crippen LogP contribution < -0.4 is 10.4 Å². The van der Waals surface area contributed by atoms with E-state index in [0.29, 0.717) is 0 Å². The zero-order chi connectivity index (χ0) is 14.8. The van der Waals surface area contributed by atoms with Gasteiger partial charge in [-0.3, -0.25) is 4.90 Å². The normalized spacial score (nSPS) is 11.1. The van der Waals surface area contributed by atoms with Crippen LogP contribution in [0.25, 0.3) is 0 Å². The van der Waals surface area contributed by atoms with Gasteiger partial charge in [-0.05, 0) is 32.9 Å². The van der Waals surface area contributed by atoms with E-state index in [4.69, 9.17) is 14.8 Å². The summed E-state index contributed by atoms with van der Waals surface area (Å²) in [5.74, 6) is -0.803. The second-order valence-electron chi connectivity index (χ2n) is 5.12. The highest BCUT2D eigenvalue weighted by molar-refractivity contribution is 6.58.